The number of amidine groups is 1. The highest BCUT2D eigenvalue weighted by molar-refractivity contribution is 5.85. The average molecular weight is 282 g/mol. The predicted molar refractivity (Wildman–Crippen MR) is 42.2 cm³/mol. The first-order chi connectivity index (χ1) is 6.33. The Kier molecular flexibility index (Phi) is 6.57. The molecule has 1 aliphatic rings. The van der Waals surface area contributed by atoms with Crippen LogP contribution in [-0.4, -0.2) is 36.3 Å². The predicted octanol–water partition coefficient (Wildman–Crippen LogP) is -8.07. The summed E-state index contributed by atoms with van der Waals surface area (Å²) < 4.78 is 37.6. The Morgan fingerprint density at radius 2 is 1.94 bits per heavy atom. The molecule has 0 saturated carbocycles. The van der Waals surface area contributed by atoms with Crippen molar-refractivity contribution < 1.29 is 53.7 Å². The third kappa shape index (κ3) is 2.86. The number of halogens is 5. The van der Waals surface area contributed by atoms with Gasteiger partial charge in [0.15, 0.2) is 0 Å². The lowest BCUT2D eigenvalue weighted by molar-refractivity contribution is -0.726. The Bertz CT molecular complexity index is 295. The molecule has 0 aromatic rings. The lowest BCUT2D eigenvalue weighted by atomic mass is 10.0. The van der Waals surface area contributed by atoms with Gasteiger partial charge in [-0.1, -0.05) is 0 Å². The third-order valence-electron chi connectivity index (χ3n) is 2.12. The van der Waals surface area contributed by atoms with Gasteiger partial charge in [0, 0.05) is 0 Å². The minimum Gasteiger partial charge on any atom is -1.00 e. The molecule has 2 unspecified atom stereocenters. The summed E-state index contributed by atoms with van der Waals surface area (Å²) in [5.74, 6) is -0.361. The van der Waals surface area contributed by atoms with Gasteiger partial charge in [-0.2, -0.15) is 18.2 Å². The van der Waals surface area contributed by atoms with Crippen molar-refractivity contribution in [2.45, 2.75) is 11.8 Å². The van der Waals surface area contributed by atoms with Crippen LogP contribution in [0.3, 0.4) is 0 Å². The van der Waals surface area contributed by atoms with Gasteiger partial charge >= 0.3 is 11.8 Å². The highest BCUT2D eigenvalue weighted by Crippen LogP contribution is 2.29. The quantitative estimate of drug-likeness (QED) is 0.463. The minimum atomic E-state index is -4.75. The van der Waals surface area contributed by atoms with Gasteiger partial charge in [-0.25, -0.2) is 0 Å². The van der Waals surface area contributed by atoms with Crippen molar-refractivity contribution in [3.8, 4) is 0 Å². The van der Waals surface area contributed by atoms with Crippen molar-refractivity contribution in [3.05, 3.63) is 12.4 Å². The molecule has 0 fully saturated rings. The van der Waals surface area contributed by atoms with Crippen LogP contribution in [0.5, 0.6) is 0 Å². The normalized spacial score (nSPS) is 22.9. The first kappa shape index (κ1) is 18.0. The van der Waals surface area contributed by atoms with E-state index in [1.807, 2.05) is 0 Å². The van der Waals surface area contributed by atoms with Crippen LogP contribution in [0.25, 0.3) is 0 Å². The Labute approximate surface area is 103 Å². The second kappa shape index (κ2) is 5.83. The minimum absolute atomic E-state index is 0. The van der Waals surface area contributed by atoms with Crippen LogP contribution < -0.4 is 35.4 Å². The molecule has 2 atom stereocenters. The molecular formula is C7H12Cl2F3N3O. The summed E-state index contributed by atoms with van der Waals surface area (Å²) in [7, 11) is 1.47. The zero-order chi connectivity index (χ0) is 11.0. The van der Waals surface area contributed by atoms with Crippen LogP contribution in [0.15, 0.2) is 17.4 Å². The molecule has 1 aliphatic heterocycles. The van der Waals surface area contributed by atoms with Gasteiger partial charge < -0.3 is 35.7 Å². The fraction of sp³-hybridized carbons (Fsp3) is 0.571. The second-order valence-electron chi connectivity index (χ2n) is 3.08. The summed E-state index contributed by atoms with van der Waals surface area (Å²) in [4.78, 5) is 3.83. The number of aliphatic imine (C=N–C) groups is 1. The molecule has 0 aliphatic carbocycles. The molecule has 0 radical (unpaired) electrons. The maximum atomic E-state index is 12.5. The van der Waals surface area contributed by atoms with Crippen molar-refractivity contribution >= 4 is 5.84 Å². The van der Waals surface area contributed by atoms with E-state index in [1.54, 1.807) is 0 Å². The molecule has 9 heteroatoms. The molecule has 5 N–H and O–H groups in total. The van der Waals surface area contributed by atoms with Gasteiger partial charge in [0.1, 0.15) is 12.7 Å². The monoisotopic (exact) mass is 281 g/mol. The van der Waals surface area contributed by atoms with E-state index in [-0.39, 0.29) is 30.6 Å². The number of quaternary nitrogens is 2. The van der Waals surface area contributed by atoms with Gasteiger partial charge in [0.2, 0.25) is 0 Å². The van der Waals surface area contributed by atoms with Crippen molar-refractivity contribution in [1.82, 2.24) is 0 Å². The first-order valence-corrected chi connectivity index (χ1v) is 4.00. The summed E-state index contributed by atoms with van der Waals surface area (Å²) in [5, 5.41) is 9.45. The van der Waals surface area contributed by atoms with E-state index in [2.05, 4.69) is 10.7 Å². The summed E-state index contributed by atoms with van der Waals surface area (Å²) in [6.45, 7) is -0.686. The van der Waals surface area contributed by atoms with Gasteiger partial charge in [-0.05, 0) is 0 Å². The average Bonchev–Trinajstić information content (AvgIpc) is 2.48. The molecule has 0 amide bonds. The molecule has 0 saturated heterocycles. The molecule has 96 valence electrons. The summed E-state index contributed by atoms with van der Waals surface area (Å²) in [5.41, 5.74) is 0.181. The number of likely N-dealkylation sites (N-methyl/N-ethyl adjacent to an activating group) is 1. The molecule has 1 rings (SSSR count). The molecule has 0 spiro atoms. The smallest absolute Gasteiger partial charge is 0.434 e. The van der Waals surface area contributed by atoms with Crippen LogP contribution in [0, 0.1) is 0 Å². The molecule has 0 aromatic heterocycles. The lowest BCUT2D eigenvalue weighted by Gasteiger charge is -2.26. The summed E-state index contributed by atoms with van der Waals surface area (Å²) in [6.07, 6.45) is -2.10. The van der Waals surface area contributed by atoms with Crippen molar-refractivity contribution in [1.29, 1.82) is 0 Å². The number of alkyl halides is 3. The van der Waals surface area contributed by atoms with Gasteiger partial charge in [-0.3, -0.25) is 4.90 Å². The van der Waals surface area contributed by atoms with Crippen LogP contribution >= 0.6 is 0 Å². The lowest BCUT2D eigenvalue weighted by Crippen LogP contribution is -3.10. The molecule has 16 heavy (non-hydrogen) atoms. The molecule has 0 bridgehead atoms. The molecule has 0 aromatic carbocycles. The van der Waals surface area contributed by atoms with E-state index in [1.165, 1.54) is 19.4 Å². The molecular weight excluding hydrogens is 270 g/mol. The highest BCUT2D eigenvalue weighted by atomic mass is 35.5. The second-order valence-corrected chi connectivity index (χ2v) is 3.08. The van der Waals surface area contributed by atoms with E-state index in [0.717, 1.165) is 0 Å². The zero-order valence-corrected chi connectivity index (χ0v) is 9.87. The Hall–Kier alpha value is -0.340. The van der Waals surface area contributed by atoms with E-state index in [0.29, 0.717) is 4.90 Å². The number of nitrogens with one attached hydrogen (secondary N) is 1. The Morgan fingerprint density at radius 1 is 1.44 bits per heavy atom. The number of rotatable bonds is 2. The Balaban J connectivity index is 0. The van der Waals surface area contributed by atoms with Crippen molar-refractivity contribution in [3.63, 3.8) is 0 Å². The fourth-order valence-electron chi connectivity index (χ4n) is 1.23. The van der Waals surface area contributed by atoms with E-state index >= 15 is 0 Å². The number of aliphatic hydroxyl groups is 1. The largest absolute Gasteiger partial charge is 1.00 e. The highest BCUT2D eigenvalue weighted by Gasteiger charge is 2.62. The summed E-state index contributed by atoms with van der Waals surface area (Å²) >= 11 is 0. The van der Waals surface area contributed by atoms with Crippen LogP contribution in [0.1, 0.15) is 0 Å². The maximum absolute atomic E-state index is 12.5. The number of hydrogen-bond acceptors (Lipinski definition) is 2. The third-order valence-corrected chi connectivity index (χ3v) is 2.12. The van der Waals surface area contributed by atoms with Crippen LogP contribution in [0.4, 0.5) is 13.2 Å². The maximum Gasteiger partial charge on any atom is 0.434 e. The Morgan fingerprint density at radius 3 is 2.19 bits per heavy atom. The van der Waals surface area contributed by atoms with Crippen molar-refractivity contribution in [2.24, 2.45) is 4.99 Å². The first-order valence-electron chi connectivity index (χ1n) is 4.00. The van der Waals surface area contributed by atoms with E-state index in [9.17, 15) is 18.3 Å². The van der Waals surface area contributed by atoms with E-state index in [4.69, 9.17) is 0 Å². The summed E-state index contributed by atoms with van der Waals surface area (Å²) in [6, 6.07) is 0. The molecule has 1 heterocycles. The van der Waals surface area contributed by atoms with E-state index < -0.39 is 18.3 Å². The topological polar surface area (TPSA) is 64.7 Å². The number of nitrogens with zero attached hydrogens (tertiary/aromatic N) is 1. The standard InChI is InChI=1S/C7H10F3N3O.2ClH/c1-13-3-2-12-5(13)6(14,4-11)7(8,9)10;;/h2-3,14H,4,11H2,1H3;2*1H. The van der Waals surface area contributed by atoms with Gasteiger partial charge in [0.25, 0.3) is 5.84 Å². The van der Waals surface area contributed by atoms with Crippen LogP contribution in [-0.2, 0) is 0 Å². The van der Waals surface area contributed by atoms with Gasteiger partial charge in [0.05, 0.1) is 13.2 Å². The zero-order valence-electron chi connectivity index (χ0n) is 8.35. The SMILES string of the molecule is C[NH+]1C=CN=C1C(O)(C[NH3+])C(F)(F)F.[Cl-].[Cl-]. The van der Waals surface area contributed by atoms with Crippen molar-refractivity contribution in [2.75, 3.05) is 13.6 Å². The molecule has 4 nitrogen and oxygen atoms in total. The van der Waals surface area contributed by atoms with Crippen LogP contribution in [0.2, 0.25) is 0 Å². The number of hydrogen-bond donors (Lipinski definition) is 3. The van der Waals surface area contributed by atoms with Gasteiger partial charge in [-0.15, -0.1) is 0 Å². The fourth-order valence-corrected chi connectivity index (χ4v) is 1.23.